The zero-order valence-electron chi connectivity index (χ0n) is 11.0. The number of hydrogen-bond acceptors (Lipinski definition) is 3. The van der Waals surface area contributed by atoms with E-state index in [1.807, 2.05) is 11.8 Å². The van der Waals surface area contributed by atoms with Crippen LogP contribution in [-0.2, 0) is 6.54 Å². The van der Waals surface area contributed by atoms with Crippen LogP contribution in [0.1, 0.15) is 44.6 Å². The molecule has 1 aromatic heterocycles. The van der Waals surface area contributed by atoms with Gasteiger partial charge in [-0.05, 0) is 37.1 Å². The topological polar surface area (TPSA) is 25.2 Å². The van der Waals surface area contributed by atoms with Crippen LogP contribution in [0.25, 0.3) is 0 Å². The van der Waals surface area contributed by atoms with Gasteiger partial charge in [0.15, 0.2) is 0 Å². The van der Waals surface area contributed by atoms with E-state index in [1.54, 1.807) is 0 Å². The minimum absolute atomic E-state index is 0.549. The number of hydrogen-bond donors (Lipinski definition) is 1. The molecule has 96 valence electrons. The molecule has 1 N–H and O–H groups in total. The highest BCUT2D eigenvalue weighted by Crippen LogP contribution is 2.47. The predicted molar refractivity (Wildman–Crippen MR) is 74.5 cm³/mol. The normalized spacial score (nSPS) is 24.9. The number of rotatable bonds is 7. The fourth-order valence-electron chi connectivity index (χ4n) is 2.04. The van der Waals surface area contributed by atoms with Gasteiger partial charge < -0.3 is 9.73 Å². The second-order valence-electron chi connectivity index (χ2n) is 5.06. The fraction of sp³-hybridized carbons (Fsp3) is 0.714. The maximum absolute atomic E-state index is 5.86. The standard InChI is InChI=1S/C14H23NOS/c1-4-17-9-11(3)15-8-12-5-6-14(16-12)13-7-10(13)2/h5-6,10-11,13,15H,4,7-9H2,1-3H3. The van der Waals surface area contributed by atoms with Gasteiger partial charge in [0.1, 0.15) is 11.5 Å². The highest BCUT2D eigenvalue weighted by atomic mass is 32.2. The fourth-order valence-corrected chi connectivity index (χ4v) is 2.74. The number of thioether (sulfide) groups is 1. The van der Waals surface area contributed by atoms with Gasteiger partial charge in [0.2, 0.25) is 0 Å². The molecular formula is C14H23NOS. The van der Waals surface area contributed by atoms with E-state index in [4.69, 9.17) is 4.42 Å². The Labute approximate surface area is 109 Å². The molecule has 0 bridgehead atoms. The van der Waals surface area contributed by atoms with Gasteiger partial charge in [-0.15, -0.1) is 0 Å². The van der Waals surface area contributed by atoms with E-state index in [-0.39, 0.29) is 0 Å². The molecule has 1 aromatic rings. The zero-order valence-corrected chi connectivity index (χ0v) is 11.8. The lowest BCUT2D eigenvalue weighted by atomic mass is 10.3. The van der Waals surface area contributed by atoms with Crippen molar-refractivity contribution in [2.75, 3.05) is 11.5 Å². The first-order chi connectivity index (χ1) is 8.20. The zero-order chi connectivity index (χ0) is 12.3. The predicted octanol–water partition coefficient (Wildman–Crippen LogP) is 3.63. The third-order valence-electron chi connectivity index (χ3n) is 3.35. The summed E-state index contributed by atoms with van der Waals surface area (Å²) in [4.78, 5) is 0. The minimum Gasteiger partial charge on any atom is -0.464 e. The quantitative estimate of drug-likeness (QED) is 0.803. The molecular weight excluding hydrogens is 230 g/mol. The van der Waals surface area contributed by atoms with Crippen molar-refractivity contribution in [2.45, 2.75) is 45.7 Å². The van der Waals surface area contributed by atoms with E-state index in [9.17, 15) is 0 Å². The SMILES string of the molecule is CCSCC(C)NCc1ccc(C2CC2C)o1. The summed E-state index contributed by atoms with van der Waals surface area (Å²) in [5.41, 5.74) is 0. The molecule has 3 atom stereocenters. The van der Waals surface area contributed by atoms with Crippen molar-refractivity contribution < 1.29 is 4.42 Å². The Hall–Kier alpha value is -0.410. The molecule has 1 aliphatic carbocycles. The molecule has 2 rings (SSSR count). The second kappa shape index (κ2) is 5.96. The van der Waals surface area contributed by atoms with Crippen LogP contribution in [-0.4, -0.2) is 17.5 Å². The molecule has 1 heterocycles. The molecule has 3 heteroatoms. The molecule has 0 aromatic carbocycles. The summed E-state index contributed by atoms with van der Waals surface area (Å²) in [7, 11) is 0. The Kier molecular flexibility index (Phi) is 4.57. The van der Waals surface area contributed by atoms with Gasteiger partial charge in [0.05, 0.1) is 6.54 Å². The van der Waals surface area contributed by atoms with Crippen LogP contribution in [0.15, 0.2) is 16.5 Å². The molecule has 17 heavy (non-hydrogen) atoms. The van der Waals surface area contributed by atoms with Crippen LogP contribution >= 0.6 is 11.8 Å². The Morgan fingerprint density at radius 2 is 2.29 bits per heavy atom. The summed E-state index contributed by atoms with van der Waals surface area (Å²) in [6, 6.07) is 4.82. The van der Waals surface area contributed by atoms with Crippen LogP contribution < -0.4 is 5.32 Å². The van der Waals surface area contributed by atoms with Crippen molar-refractivity contribution >= 4 is 11.8 Å². The van der Waals surface area contributed by atoms with Crippen molar-refractivity contribution in [1.82, 2.24) is 5.32 Å². The van der Waals surface area contributed by atoms with Crippen molar-refractivity contribution in [1.29, 1.82) is 0 Å². The molecule has 0 amide bonds. The first kappa shape index (κ1) is 13.0. The van der Waals surface area contributed by atoms with Crippen LogP contribution in [0.2, 0.25) is 0 Å². The average Bonchev–Trinajstić information content (AvgIpc) is 2.88. The largest absolute Gasteiger partial charge is 0.464 e. The molecule has 1 saturated carbocycles. The first-order valence-corrected chi connectivity index (χ1v) is 7.76. The number of furan rings is 1. The Bertz CT molecular complexity index is 350. The molecule has 1 aliphatic rings. The summed E-state index contributed by atoms with van der Waals surface area (Å²) in [6.07, 6.45) is 1.30. The lowest BCUT2D eigenvalue weighted by Crippen LogP contribution is -2.27. The molecule has 1 fully saturated rings. The lowest BCUT2D eigenvalue weighted by molar-refractivity contribution is 0.434. The van der Waals surface area contributed by atoms with Gasteiger partial charge in [0.25, 0.3) is 0 Å². The maximum atomic E-state index is 5.86. The van der Waals surface area contributed by atoms with Gasteiger partial charge in [-0.25, -0.2) is 0 Å². The van der Waals surface area contributed by atoms with Crippen molar-refractivity contribution in [3.05, 3.63) is 23.7 Å². The summed E-state index contributed by atoms with van der Waals surface area (Å²) < 4.78 is 5.86. The maximum Gasteiger partial charge on any atom is 0.117 e. The molecule has 3 unspecified atom stereocenters. The van der Waals surface area contributed by atoms with Gasteiger partial charge in [-0.3, -0.25) is 0 Å². The Morgan fingerprint density at radius 3 is 2.94 bits per heavy atom. The summed E-state index contributed by atoms with van der Waals surface area (Å²) in [5.74, 6) is 6.14. The smallest absolute Gasteiger partial charge is 0.117 e. The third kappa shape index (κ3) is 3.78. The van der Waals surface area contributed by atoms with Gasteiger partial charge in [-0.1, -0.05) is 13.8 Å². The van der Waals surface area contributed by atoms with Crippen molar-refractivity contribution in [3.63, 3.8) is 0 Å². The third-order valence-corrected chi connectivity index (χ3v) is 4.50. The molecule has 0 radical (unpaired) electrons. The van der Waals surface area contributed by atoms with Crippen molar-refractivity contribution in [2.24, 2.45) is 5.92 Å². The Balaban J connectivity index is 1.73. The molecule has 0 saturated heterocycles. The van der Waals surface area contributed by atoms with E-state index in [1.165, 1.54) is 23.7 Å². The van der Waals surface area contributed by atoms with Crippen LogP contribution in [0.4, 0.5) is 0 Å². The number of nitrogens with one attached hydrogen (secondary N) is 1. The minimum atomic E-state index is 0.549. The van der Waals surface area contributed by atoms with Crippen LogP contribution in [0, 0.1) is 5.92 Å². The van der Waals surface area contributed by atoms with E-state index in [0.29, 0.717) is 12.0 Å². The van der Waals surface area contributed by atoms with Crippen LogP contribution in [0.3, 0.4) is 0 Å². The molecule has 0 aliphatic heterocycles. The van der Waals surface area contributed by atoms with E-state index in [0.717, 1.165) is 18.2 Å². The van der Waals surface area contributed by atoms with Crippen LogP contribution in [0.5, 0.6) is 0 Å². The van der Waals surface area contributed by atoms with E-state index < -0.39 is 0 Å². The first-order valence-electron chi connectivity index (χ1n) is 6.60. The lowest BCUT2D eigenvalue weighted by Gasteiger charge is -2.11. The van der Waals surface area contributed by atoms with Gasteiger partial charge >= 0.3 is 0 Å². The molecule has 2 nitrogen and oxygen atoms in total. The van der Waals surface area contributed by atoms with Gasteiger partial charge in [-0.2, -0.15) is 11.8 Å². The second-order valence-corrected chi connectivity index (χ2v) is 6.38. The monoisotopic (exact) mass is 253 g/mol. The van der Waals surface area contributed by atoms with Gasteiger partial charge in [0, 0.05) is 17.7 Å². The Morgan fingerprint density at radius 1 is 1.53 bits per heavy atom. The summed E-state index contributed by atoms with van der Waals surface area (Å²) in [6.45, 7) is 7.57. The molecule has 0 spiro atoms. The highest BCUT2D eigenvalue weighted by molar-refractivity contribution is 7.99. The average molecular weight is 253 g/mol. The summed E-state index contributed by atoms with van der Waals surface area (Å²) >= 11 is 1.98. The highest BCUT2D eigenvalue weighted by Gasteiger charge is 2.36. The van der Waals surface area contributed by atoms with E-state index >= 15 is 0 Å². The summed E-state index contributed by atoms with van der Waals surface area (Å²) in [5, 5.41) is 3.50. The van der Waals surface area contributed by atoms with Crippen molar-refractivity contribution in [3.8, 4) is 0 Å². The van der Waals surface area contributed by atoms with E-state index in [2.05, 4.69) is 38.2 Å².